The first-order valence-corrected chi connectivity index (χ1v) is 16.0. The second-order valence-electron chi connectivity index (χ2n) is 11.8. The molecule has 2 fully saturated rings. The number of aryl methyl sites for hydroxylation is 2. The molecule has 2 aliphatic rings. The molecule has 0 saturated carbocycles. The Morgan fingerprint density at radius 1 is 1.11 bits per heavy atom. The smallest absolute Gasteiger partial charge is 0.307 e. The fourth-order valence-electron chi connectivity index (χ4n) is 6.55. The van der Waals surface area contributed by atoms with Crippen molar-refractivity contribution in [2.24, 2.45) is 7.05 Å². The van der Waals surface area contributed by atoms with Gasteiger partial charge < -0.3 is 10.0 Å². The summed E-state index contributed by atoms with van der Waals surface area (Å²) in [4.78, 5) is 42.7. The van der Waals surface area contributed by atoms with Gasteiger partial charge in [-0.05, 0) is 67.7 Å². The molecule has 10 nitrogen and oxygen atoms in total. The Hall–Kier alpha value is -3.93. The number of hydrogen-bond donors (Lipinski definition) is 1. The fourth-order valence-corrected chi connectivity index (χ4v) is 7.77. The van der Waals surface area contributed by atoms with Crippen LogP contribution in [0.15, 0.2) is 36.5 Å². The maximum Gasteiger partial charge on any atom is 0.307 e. The first-order valence-electron chi connectivity index (χ1n) is 14.8. The number of rotatable bonds is 6. The highest BCUT2D eigenvalue weighted by Crippen LogP contribution is 2.41. The normalized spacial score (nSPS) is 16.6. The quantitative estimate of drug-likeness (QED) is 0.269. The van der Waals surface area contributed by atoms with Gasteiger partial charge in [0.05, 0.1) is 28.5 Å². The lowest BCUT2D eigenvalue weighted by atomic mass is 9.91. The third kappa shape index (κ3) is 5.12. The van der Waals surface area contributed by atoms with Gasteiger partial charge >= 0.3 is 5.97 Å². The molecule has 2 saturated heterocycles. The van der Waals surface area contributed by atoms with Gasteiger partial charge in [-0.25, -0.2) is 19.6 Å². The minimum Gasteiger partial charge on any atom is -0.481 e. The number of halogens is 1. The van der Waals surface area contributed by atoms with Crippen LogP contribution in [0.1, 0.15) is 42.5 Å². The Labute approximate surface area is 263 Å². The Kier molecular flexibility index (Phi) is 7.34. The van der Waals surface area contributed by atoms with Gasteiger partial charge in [0, 0.05) is 49.6 Å². The van der Waals surface area contributed by atoms with Crippen molar-refractivity contribution >= 4 is 56.2 Å². The number of aliphatic carboxylic acids is 1. The van der Waals surface area contributed by atoms with E-state index in [2.05, 4.69) is 4.90 Å². The summed E-state index contributed by atoms with van der Waals surface area (Å²) >= 11 is 7.68. The van der Waals surface area contributed by atoms with Crippen LogP contribution >= 0.6 is 22.9 Å². The number of benzene rings is 2. The maximum absolute atomic E-state index is 11.8. The van der Waals surface area contributed by atoms with Crippen molar-refractivity contribution in [2.75, 3.05) is 26.2 Å². The zero-order valence-corrected chi connectivity index (χ0v) is 26.3. The monoisotopic (exact) mass is 629 g/mol. The lowest BCUT2D eigenvalue weighted by Crippen LogP contribution is -2.61. The molecule has 226 valence electrons. The van der Waals surface area contributed by atoms with Crippen LogP contribution in [0, 0.1) is 6.92 Å². The highest BCUT2D eigenvalue weighted by atomic mass is 35.5. The molecule has 5 heterocycles. The number of thiazole rings is 1. The number of piperidine rings is 1. The number of likely N-dealkylation sites (tertiary alicyclic amines) is 2. The third-order valence-electron chi connectivity index (χ3n) is 8.99. The van der Waals surface area contributed by atoms with Gasteiger partial charge in [-0.15, -0.1) is 11.3 Å². The molecule has 0 unspecified atom stereocenters. The lowest BCUT2D eigenvalue weighted by molar-refractivity contribution is -0.137. The summed E-state index contributed by atoms with van der Waals surface area (Å²) in [5, 5.41) is 15.9. The molecule has 7 rings (SSSR count). The molecule has 1 amide bonds. The number of amides is 1. The standard InChI is InChI=1S/C32H32ClN7O3S/c1-17-12-24-30(27(23(17)13-26(42)43)19-4-6-21(33)7-5-19)44-32(36-24)25-14-34-31-29(35-25)28(37-38(31)3)20-8-10-39(11-9-20)22-15-40(16-22)18(2)41/h4-7,12,14,20,22H,8-11,13,15-16H2,1-3H3,(H,42,43). The van der Waals surface area contributed by atoms with E-state index in [-0.39, 0.29) is 18.2 Å². The van der Waals surface area contributed by atoms with E-state index < -0.39 is 5.97 Å². The van der Waals surface area contributed by atoms with Crippen LogP contribution in [0.5, 0.6) is 0 Å². The van der Waals surface area contributed by atoms with Crippen molar-refractivity contribution < 1.29 is 14.7 Å². The molecule has 0 spiro atoms. The second kappa shape index (κ2) is 11.2. The van der Waals surface area contributed by atoms with Gasteiger partial charge in [0.25, 0.3) is 0 Å². The highest BCUT2D eigenvalue weighted by Gasteiger charge is 2.36. The molecule has 0 aliphatic carbocycles. The summed E-state index contributed by atoms with van der Waals surface area (Å²) in [7, 11) is 1.91. The summed E-state index contributed by atoms with van der Waals surface area (Å²) < 4.78 is 2.72. The van der Waals surface area contributed by atoms with Gasteiger partial charge in [-0.2, -0.15) is 5.10 Å². The van der Waals surface area contributed by atoms with Crippen LogP contribution in [-0.4, -0.2) is 83.7 Å². The zero-order valence-electron chi connectivity index (χ0n) is 24.7. The van der Waals surface area contributed by atoms with E-state index in [4.69, 9.17) is 31.7 Å². The van der Waals surface area contributed by atoms with Crippen LogP contribution in [0.25, 0.3) is 43.2 Å². The fraction of sp³-hybridized carbons (Fsp3) is 0.375. The number of hydrogen-bond acceptors (Lipinski definition) is 8. The maximum atomic E-state index is 11.8. The summed E-state index contributed by atoms with van der Waals surface area (Å²) in [6.07, 6.45) is 3.61. The summed E-state index contributed by atoms with van der Waals surface area (Å²) in [5.41, 5.74) is 7.38. The van der Waals surface area contributed by atoms with E-state index in [1.807, 2.05) is 53.9 Å². The van der Waals surface area contributed by atoms with E-state index in [9.17, 15) is 14.7 Å². The first-order chi connectivity index (χ1) is 21.2. The van der Waals surface area contributed by atoms with Gasteiger partial charge in [0.15, 0.2) is 5.65 Å². The first kappa shape index (κ1) is 28.8. The van der Waals surface area contributed by atoms with Gasteiger partial charge in [0.1, 0.15) is 16.2 Å². The van der Waals surface area contributed by atoms with Crippen LogP contribution in [0.2, 0.25) is 5.02 Å². The summed E-state index contributed by atoms with van der Waals surface area (Å²) in [6.45, 7) is 7.14. The molecule has 0 radical (unpaired) electrons. The van der Waals surface area contributed by atoms with E-state index in [1.165, 1.54) is 11.3 Å². The Bertz CT molecular complexity index is 1920. The van der Waals surface area contributed by atoms with Crippen LogP contribution < -0.4 is 0 Å². The van der Waals surface area contributed by atoms with E-state index in [1.54, 1.807) is 13.1 Å². The SMILES string of the molecule is CC(=O)N1CC(N2CCC(c3nn(C)c4ncc(-c5nc6cc(C)c(CC(=O)O)c(-c7ccc(Cl)cc7)c6s5)nc34)CC2)C1. The number of carbonyl (C=O) groups is 2. The van der Waals surface area contributed by atoms with Crippen molar-refractivity contribution in [3.8, 4) is 21.8 Å². The van der Waals surface area contributed by atoms with Crippen LogP contribution in [-0.2, 0) is 23.1 Å². The Morgan fingerprint density at radius 2 is 1.84 bits per heavy atom. The van der Waals surface area contributed by atoms with Crippen molar-refractivity contribution in [1.82, 2.24) is 34.5 Å². The average molecular weight is 630 g/mol. The molecule has 2 aromatic carbocycles. The molecule has 44 heavy (non-hydrogen) atoms. The van der Waals surface area contributed by atoms with Crippen LogP contribution in [0.3, 0.4) is 0 Å². The van der Waals surface area contributed by atoms with Crippen molar-refractivity contribution in [3.05, 3.63) is 58.4 Å². The van der Waals surface area contributed by atoms with E-state index >= 15 is 0 Å². The minimum atomic E-state index is -0.885. The van der Waals surface area contributed by atoms with Gasteiger partial charge in [-0.1, -0.05) is 23.7 Å². The number of fused-ring (bicyclic) bond motifs is 2. The molecule has 5 aromatic rings. The third-order valence-corrected chi connectivity index (χ3v) is 10.4. The zero-order chi connectivity index (χ0) is 30.7. The number of carbonyl (C=O) groups excluding carboxylic acids is 1. The molecular weight excluding hydrogens is 598 g/mol. The van der Waals surface area contributed by atoms with Crippen molar-refractivity contribution in [1.29, 1.82) is 0 Å². The van der Waals surface area contributed by atoms with Crippen molar-refractivity contribution in [2.45, 2.75) is 45.1 Å². The molecule has 1 N–H and O–H groups in total. The average Bonchev–Trinajstić information content (AvgIpc) is 3.54. The van der Waals surface area contributed by atoms with Crippen LogP contribution in [0.4, 0.5) is 0 Å². The Morgan fingerprint density at radius 3 is 2.52 bits per heavy atom. The summed E-state index contributed by atoms with van der Waals surface area (Å²) in [6, 6.07) is 9.88. The molecule has 12 heteroatoms. The summed E-state index contributed by atoms with van der Waals surface area (Å²) in [5.74, 6) is -0.461. The predicted molar refractivity (Wildman–Crippen MR) is 171 cm³/mol. The molecule has 2 aliphatic heterocycles. The number of carboxylic acid groups (broad SMARTS) is 1. The second-order valence-corrected chi connectivity index (χ2v) is 13.3. The number of nitrogens with zero attached hydrogens (tertiary/aromatic N) is 7. The van der Waals surface area contributed by atoms with Gasteiger partial charge in [-0.3, -0.25) is 14.5 Å². The topological polar surface area (TPSA) is 117 Å². The number of aromatic nitrogens is 5. The molecule has 3 aromatic heterocycles. The number of carboxylic acids is 1. The predicted octanol–water partition coefficient (Wildman–Crippen LogP) is 5.31. The van der Waals surface area contributed by atoms with E-state index in [0.717, 1.165) is 93.4 Å². The largest absolute Gasteiger partial charge is 0.481 e. The van der Waals surface area contributed by atoms with Gasteiger partial charge in [0.2, 0.25) is 5.91 Å². The highest BCUT2D eigenvalue weighted by molar-refractivity contribution is 7.22. The molecule has 0 bridgehead atoms. The van der Waals surface area contributed by atoms with E-state index in [0.29, 0.717) is 16.8 Å². The lowest BCUT2D eigenvalue weighted by Gasteiger charge is -2.47. The molecule has 0 atom stereocenters. The molecular formula is C32H32ClN7O3S. The van der Waals surface area contributed by atoms with Crippen molar-refractivity contribution in [3.63, 3.8) is 0 Å². The Balaban J connectivity index is 1.23. The minimum absolute atomic E-state index is 0.0909.